The maximum atomic E-state index is 11.1. The molecule has 2 N–H and O–H groups in total. The van der Waals surface area contributed by atoms with E-state index in [0.717, 1.165) is 24.2 Å². The van der Waals surface area contributed by atoms with Gasteiger partial charge >= 0.3 is 0 Å². The van der Waals surface area contributed by atoms with E-state index in [0.29, 0.717) is 12.2 Å². The van der Waals surface area contributed by atoms with E-state index in [1.807, 2.05) is 18.3 Å². The Balaban J connectivity index is 0.00000172. The highest BCUT2D eigenvalue weighted by atomic mass is 32.1. The monoisotopic (exact) mass is 294 g/mol. The smallest absolute Gasteiger partial charge is 0.159 e. The summed E-state index contributed by atoms with van der Waals surface area (Å²) in [6.45, 7) is 6.70. The van der Waals surface area contributed by atoms with Crippen LogP contribution in [0.2, 0.25) is 0 Å². The summed E-state index contributed by atoms with van der Waals surface area (Å²) >= 11 is 3.95. The third-order valence-electron chi connectivity index (χ3n) is 2.52. The van der Waals surface area contributed by atoms with Gasteiger partial charge in [-0.1, -0.05) is 26.2 Å². The second-order valence-corrected chi connectivity index (χ2v) is 4.31. The quantitative estimate of drug-likeness (QED) is 0.408. The van der Waals surface area contributed by atoms with E-state index in [1.165, 1.54) is 0 Å². The summed E-state index contributed by atoms with van der Waals surface area (Å²) in [4.78, 5) is 11.1. The minimum absolute atomic E-state index is 0.0624. The Morgan fingerprint density at radius 1 is 1.40 bits per heavy atom. The summed E-state index contributed by atoms with van der Waals surface area (Å²) in [6.07, 6.45) is 3.88. The number of carbonyl (C=O) groups excluding carboxylic acids is 1. The van der Waals surface area contributed by atoms with Crippen LogP contribution in [0.1, 0.15) is 37.0 Å². The molecule has 1 rings (SSSR count). The van der Waals surface area contributed by atoms with Crippen molar-refractivity contribution in [2.24, 2.45) is 0 Å². The number of hydrogen-bond donors (Lipinski definition) is 3. The molecule has 0 aliphatic rings. The molecule has 0 aromatic heterocycles. The molecule has 0 unspecified atom stereocenters. The van der Waals surface area contributed by atoms with Crippen LogP contribution in [0, 0.1) is 5.41 Å². The van der Waals surface area contributed by atoms with E-state index in [4.69, 9.17) is 10.1 Å². The van der Waals surface area contributed by atoms with Crippen molar-refractivity contribution in [1.82, 2.24) is 4.72 Å². The van der Waals surface area contributed by atoms with E-state index in [1.54, 1.807) is 19.1 Å². The number of Topliss-reactive ketones (excluding diaryl/α,β-unsaturated/α-hetero) is 1. The maximum absolute atomic E-state index is 11.1. The first-order chi connectivity index (χ1) is 9.67. The SMILES string of the molecule is C=N.CCC/C(=C\NS)COc1ccc(C(C)=O)cc1. The van der Waals surface area contributed by atoms with Crippen molar-refractivity contribution < 1.29 is 9.53 Å². The standard InChI is InChI=1S/C14H19NO2S.CH3N/c1-3-4-12(9-15-18)10-17-14-7-5-13(6-8-14)11(2)16;1-2/h5-9,15,18H,3-4,10H2,1-2H3;2H,1H2/b12-9+;. The normalized spacial score (nSPS) is 10.2. The Kier molecular flexibility index (Phi) is 10.1. The number of carbonyl (C=O) groups is 1. The van der Waals surface area contributed by atoms with Gasteiger partial charge in [-0.2, -0.15) is 0 Å². The highest BCUT2D eigenvalue weighted by Crippen LogP contribution is 2.14. The molecular weight excluding hydrogens is 272 g/mol. The maximum Gasteiger partial charge on any atom is 0.159 e. The summed E-state index contributed by atoms with van der Waals surface area (Å²) in [5, 5.41) is 5.50. The van der Waals surface area contributed by atoms with Crippen LogP contribution >= 0.6 is 12.8 Å². The number of ketones is 1. The molecule has 0 heterocycles. The van der Waals surface area contributed by atoms with Gasteiger partial charge in [-0.05, 0) is 49.9 Å². The lowest BCUT2D eigenvalue weighted by atomic mass is 10.1. The molecule has 0 atom stereocenters. The van der Waals surface area contributed by atoms with Crippen molar-refractivity contribution in [2.75, 3.05) is 6.61 Å². The predicted molar refractivity (Wildman–Crippen MR) is 86.9 cm³/mol. The van der Waals surface area contributed by atoms with Crippen LogP contribution in [-0.4, -0.2) is 19.1 Å². The van der Waals surface area contributed by atoms with Crippen molar-refractivity contribution in [1.29, 1.82) is 5.41 Å². The first-order valence-corrected chi connectivity index (χ1v) is 6.78. The molecule has 4 nitrogen and oxygen atoms in total. The van der Waals surface area contributed by atoms with Crippen molar-refractivity contribution in [2.45, 2.75) is 26.7 Å². The molecule has 20 heavy (non-hydrogen) atoms. The predicted octanol–water partition coefficient (Wildman–Crippen LogP) is 3.65. The van der Waals surface area contributed by atoms with Gasteiger partial charge in [-0.3, -0.25) is 4.79 Å². The van der Waals surface area contributed by atoms with E-state index in [-0.39, 0.29) is 5.78 Å². The largest absolute Gasteiger partial charge is 0.489 e. The number of thiol groups is 1. The number of benzene rings is 1. The fourth-order valence-corrected chi connectivity index (χ4v) is 1.74. The van der Waals surface area contributed by atoms with Crippen LogP contribution in [0.5, 0.6) is 5.75 Å². The van der Waals surface area contributed by atoms with Crippen LogP contribution in [0.4, 0.5) is 0 Å². The molecule has 1 aromatic carbocycles. The molecular formula is C15H22N2O2S. The average Bonchev–Trinajstić information content (AvgIpc) is 2.48. The second kappa shape index (κ2) is 11.1. The highest BCUT2D eigenvalue weighted by molar-refractivity contribution is 7.78. The summed E-state index contributed by atoms with van der Waals surface area (Å²) < 4.78 is 8.38. The van der Waals surface area contributed by atoms with Crippen LogP contribution in [-0.2, 0) is 0 Å². The Labute approximate surface area is 126 Å². The van der Waals surface area contributed by atoms with Gasteiger partial charge < -0.3 is 14.9 Å². The van der Waals surface area contributed by atoms with E-state index < -0.39 is 0 Å². The van der Waals surface area contributed by atoms with Gasteiger partial charge in [0.25, 0.3) is 0 Å². The molecule has 0 saturated heterocycles. The molecule has 0 aliphatic carbocycles. The Morgan fingerprint density at radius 2 is 2.00 bits per heavy atom. The van der Waals surface area contributed by atoms with Crippen molar-refractivity contribution >= 4 is 25.3 Å². The van der Waals surface area contributed by atoms with E-state index in [2.05, 4.69) is 31.2 Å². The van der Waals surface area contributed by atoms with Crippen LogP contribution in [0.15, 0.2) is 36.0 Å². The molecule has 0 radical (unpaired) electrons. The lowest BCUT2D eigenvalue weighted by Gasteiger charge is -2.09. The van der Waals surface area contributed by atoms with Gasteiger partial charge in [0.15, 0.2) is 5.78 Å². The van der Waals surface area contributed by atoms with E-state index in [9.17, 15) is 4.79 Å². The molecule has 5 heteroatoms. The van der Waals surface area contributed by atoms with Gasteiger partial charge in [0.05, 0.1) is 0 Å². The molecule has 110 valence electrons. The summed E-state index contributed by atoms with van der Waals surface area (Å²) in [7, 11) is 0. The zero-order chi connectivity index (χ0) is 15.4. The summed E-state index contributed by atoms with van der Waals surface area (Å²) in [5.41, 5.74) is 1.85. The number of rotatable bonds is 7. The Morgan fingerprint density at radius 3 is 2.45 bits per heavy atom. The molecule has 0 fully saturated rings. The van der Waals surface area contributed by atoms with Crippen molar-refractivity contribution in [3.05, 3.63) is 41.6 Å². The molecule has 0 bridgehead atoms. The number of hydrogen-bond acceptors (Lipinski definition) is 5. The van der Waals surface area contributed by atoms with Gasteiger partial charge in [0, 0.05) is 11.8 Å². The summed E-state index contributed by atoms with van der Waals surface area (Å²) in [5.74, 6) is 0.827. The number of nitrogens with one attached hydrogen (secondary N) is 2. The minimum atomic E-state index is 0.0624. The second-order valence-electron chi connectivity index (χ2n) is 4.05. The number of ether oxygens (including phenoxy) is 1. The highest BCUT2D eigenvalue weighted by Gasteiger charge is 2.01. The zero-order valence-corrected chi connectivity index (χ0v) is 12.9. The van der Waals surface area contributed by atoms with E-state index >= 15 is 0 Å². The topological polar surface area (TPSA) is 62.2 Å². The Bertz CT molecular complexity index is 430. The summed E-state index contributed by atoms with van der Waals surface area (Å²) in [6, 6.07) is 7.18. The molecule has 0 amide bonds. The van der Waals surface area contributed by atoms with Crippen LogP contribution in [0.3, 0.4) is 0 Å². The van der Waals surface area contributed by atoms with Crippen LogP contribution in [0.25, 0.3) is 0 Å². The first kappa shape index (κ1) is 18.2. The molecule has 0 saturated carbocycles. The molecule has 0 aliphatic heterocycles. The zero-order valence-electron chi connectivity index (χ0n) is 12.0. The average molecular weight is 294 g/mol. The van der Waals surface area contributed by atoms with Crippen LogP contribution < -0.4 is 9.46 Å². The Hall–Kier alpha value is -1.75. The van der Waals surface area contributed by atoms with Gasteiger partial charge in [-0.15, -0.1) is 0 Å². The minimum Gasteiger partial charge on any atom is -0.489 e. The fraction of sp³-hybridized carbons (Fsp3) is 0.333. The third kappa shape index (κ3) is 6.99. The van der Waals surface area contributed by atoms with Crippen molar-refractivity contribution in [3.63, 3.8) is 0 Å². The molecule has 0 spiro atoms. The third-order valence-corrected chi connectivity index (χ3v) is 2.65. The lowest BCUT2D eigenvalue weighted by Crippen LogP contribution is -2.04. The van der Waals surface area contributed by atoms with Gasteiger partial charge in [-0.25, -0.2) is 0 Å². The van der Waals surface area contributed by atoms with Crippen molar-refractivity contribution in [3.8, 4) is 5.75 Å². The molecule has 1 aromatic rings. The first-order valence-electron chi connectivity index (χ1n) is 6.34. The van der Waals surface area contributed by atoms with Gasteiger partial charge in [0.2, 0.25) is 0 Å². The van der Waals surface area contributed by atoms with Gasteiger partial charge in [0.1, 0.15) is 12.4 Å². The lowest BCUT2D eigenvalue weighted by molar-refractivity contribution is 0.101. The fourth-order valence-electron chi connectivity index (χ4n) is 1.56.